The summed E-state index contributed by atoms with van der Waals surface area (Å²) in [7, 11) is 2.16. The van der Waals surface area contributed by atoms with Crippen LogP contribution in [-0.2, 0) is 13.0 Å². The van der Waals surface area contributed by atoms with E-state index < -0.39 is 0 Å². The first-order chi connectivity index (χ1) is 23.0. The van der Waals surface area contributed by atoms with Crippen LogP contribution in [0.15, 0.2) is 66.7 Å². The fourth-order valence-corrected chi connectivity index (χ4v) is 7.52. The van der Waals surface area contributed by atoms with Crippen molar-refractivity contribution in [3.8, 4) is 6.01 Å². The number of anilines is 2. The maximum absolute atomic E-state index is 13.1. The number of fused-ring (bicyclic) bond motifs is 2. The number of likely N-dealkylation sites (tertiary alicyclic amines) is 1. The van der Waals surface area contributed by atoms with Gasteiger partial charge in [-0.1, -0.05) is 60.7 Å². The molecule has 0 N–H and O–H groups in total. The third kappa shape index (κ3) is 6.53. The number of hydrogen-bond donors (Lipinski definition) is 0. The van der Waals surface area contributed by atoms with Gasteiger partial charge in [0.1, 0.15) is 18.5 Å². The number of benzene rings is 3. The van der Waals surface area contributed by atoms with Crippen LogP contribution >= 0.6 is 0 Å². The highest BCUT2D eigenvalue weighted by molar-refractivity contribution is 5.98. The van der Waals surface area contributed by atoms with Gasteiger partial charge in [-0.3, -0.25) is 9.69 Å². The van der Waals surface area contributed by atoms with Crippen molar-refractivity contribution in [3.05, 3.63) is 101 Å². The lowest BCUT2D eigenvalue weighted by molar-refractivity contribution is 0.0885. The van der Waals surface area contributed by atoms with Crippen LogP contribution in [0.5, 0.6) is 6.01 Å². The summed E-state index contributed by atoms with van der Waals surface area (Å²) in [6.07, 6.45) is 3.11. The van der Waals surface area contributed by atoms with E-state index in [-0.39, 0.29) is 11.8 Å². The van der Waals surface area contributed by atoms with Gasteiger partial charge in [-0.2, -0.15) is 9.97 Å². The van der Waals surface area contributed by atoms with Crippen molar-refractivity contribution in [2.24, 2.45) is 0 Å². The van der Waals surface area contributed by atoms with Gasteiger partial charge in [0.05, 0.1) is 18.8 Å². The van der Waals surface area contributed by atoms with Crippen molar-refractivity contribution < 1.29 is 9.53 Å². The van der Waals surface area contributed by atoms with Crippen LogP contribution in [-0.4, -0.2) is 97.1 Å². The van der Waals surface area contributed by atoms with E-state index in [9.17, 15) is 4.79 Å². The number of ketones is 1. The fourth-order valence-electron chi connectivity index (χ4n) is 7.52. The maximum atomic E-state index is 13.1. The highest BCUT2D eigenvalue weighted by atomic mass is 16.5. The Bertz CT molecular complexity index is 1780. The minimum absolute atomic E-state index is 0.0743. The predicted molar refractivity (Wildman–Crippen MR) is 186 cm³/mol. The molecule has 0 radical (unpaired) electrons. The molecule has 2 atom stereocenters. The van der Waals surface area contributed by atoms with E-state index in [1.807, 2.05) is 30.3 Å². The van der Waals surface area contributed by atoms with Gasteiger partial charge in [-0.15, -0.1) is 0 Å². The van der Waals surface area contributed by atoms with Gasteiger partial charge in [-0.25, -0.2) is 6.57 Å². The van der Waals surface area contributed by atoms with Crippen LogP contribution in [0.4, 0.5) is 11.5 Å². The highest BCUT2D eigenvalue weighted by Crippen LogP contribution is 2.36. The molecular weight excluding hydrogens is 586 g/mol. The van der Waals surface area contributed by atoms with Crippen LogP contribution in [0.1, 0.15) is 40.0 Å². The second-order valence-corrected chi connectivity index (χ2v) is 13.2. The van der Waals surface area contributed by atoms with Gasteiger partial charge < -0.3 is 24.3 Å². The Morgan fingerprint density at radius 2 is 1.79 bits per heavy atom. The van der Waals surface area contributed by atoms with Gasteiger partial charge in [0.2, 0.25) is 6.54 Å². The molecule has 4 heterocycles. The molecule has 7 rings (SSSR count). The number of aromatic nitrogens is 2. The Labute approximate surface area is 277 Å². The molecule has 9 nitrogen and oxygen atoms in total. The average Bonchev–Trinajstić information content (AvgIpc) is 3.52. The van der Waals surface area contributed by atoms with E-state index in [4.69, 9.17) is 21.3 Å². The summed E-state index contributed by atoms with van der Waals surface area (Å²) in [5.74, 6) is 1.01. The number of likely N-dealkylation sites (N-methyl/N-ethyl adjacent to an activating group) is 1. The van der Waals surface area contributed by atoms with Crippen molar-refractivity contribution in [2.75, 3.05) is 69.3 Å². The zero-order valence-corrected chi connectivity index (χ0v) is 27.4. The van der Waals surface area contributed by atoms with E-state index >= 15 is 0 Å². The topological polar surface area (TPSA) is 69.4 Å². The zero-order chi connectivity index (χ0) is 32.3. The molecule has 9 heteroatoms. The third-order valence-electron chi connectivity index (χ3n) is 10.2. The van der Waals surface area contributed by atoms with Gasteiger partial charge in [0.25, 0.3) is 0 Å². The van der Waals surface area contributed by atoms with E-state index in [2.05, 4.69) is 74.8 Å². The number of rotatable bonds is 9. The molecule has 3 aromatic carbocycles. The van der Waals surface area contributed by atoms with Crippen molar-refractivity contribution in [3.63, 3.8) is 0 Å². The standard InChI is InChI=1S/C38H43N7O2/c1-27-10-7-13-29-14-8-16-34(36(27)29)44-19-17-32-33(24-44)40-38(47-26-30-15-9-18-42(30)3)41-37(32)45-21-20-43(31(23-45)22-39-2)25-35(46)28-11-5-4-6-12-28/h4-8,10-14,16,30-31H,9,15,17-26H2,1,3H3/t30-,31-/m0/s1. The third-order valence-corrected chi connectivity index (χ3v) is 10.2. The Balaban J connectivity index is 1.18. The highest BCUT2D eigenvalue weighted by Gasteiger charge is 2.34. The molecule has 3 aliphatic heterocycles. The van der Waals surface area contributed by atoms with E-state index in [0.717, 1.165) is 44.0 Å². The molecule has 0 aliphatic carbocycles. The lowest BCUT2D eigenvalue weighted by Gasteiger charge is -2.41. The van der Waals surface area contributed by atoms with Gasteiger partial charge >= 0.3 is 6.01 Å². The summed E-state index contributed by atoms with van der Waals surface area (Å²) in [4.78, 5) is 36.3. The Hall–Kier alpha value is -4.52. The second-order valence-electron chi connectivity index (χ2n) is 13.2. The van der Waals surface area contributed by atoms with Crippen LogP contribution in [0.2, 0.25) is 0 Å². The van der Waals surface area contributed by atoms with Crippen molar-refractivity contribution in [1.29, 1.82) is 0 Å². The molecule has 2 fully saturated rings. The Kier molecular flexibility index (Phi) is 9.05. The molecule has 4 aromatic rings. The van der Waals surface area contributed by atoms with Crippen molar-refractivity contribution in [2.45, 2.75) is 44.8 Å². The number of aryl methyl sites for hydroxylation is 1. The lowest BCUT2D eigenvalue weighted by Crippen LogP contribution is -2.56. The molecule has 3 aliphatic rings. The Morgan fingerprint density at radius 1 is 0.957 bits per heavy atom. The number of Topliss-reactive ketones (excluding diaryl/α,β-unsaturated/α-hetero) is 1. The maximum Gasteiger partial charge on any atom is 0.318 e. The summed E-state index contributed by atoms with van der Waals surface area (Å²) >= 11 is 0. The quantitative estimate of drug-likeness (QED) is 0.183. The molecule has 0 unspecified atom stereocenters. The fraction of sp³-hybridized carbons (Fsp3) is 0.421. The zero-order valence-electron chi connectivity index (χ0n) is 27.4. The summed E-state index contributed by atoms with van der Waals surface area (Å²) < 4.78 is 6.37. The number of nitrogens with zero attached hydrogens (tertiary/aromatic N) is 7. The SMILES string of the molecule is [C-]#[N+]C[C@H]1CN(c2nc(OC[C@@H]3CCCN3C)nc3c2CCN(c2cccc4cccc(C)c24)C3)CCN1CC(=O)c1ccccc1. The molecule has 2 saturated heterocycles. The summed E-state index contributed by atoms with van der Waals surface area (Å²) in [5, 5.41) is 2.53. The van der Waals surface area contributed by atoms with Crippen LogP contribution in [0.25, 0.3) is 15.6 Å². The molecule has 0 bridgehead atoms. The first-order valence-electron chi connectivity index (χ1n) is 16.8. The molecule has 242 valence electrons. The first-order valence-corrected chi connectivity index (χ1v) is 16.8. The van der Waals surface area contributed by atoms with Crippen molar-refractivity contribution in [1.82, 2.24) is 19.8 Å². The predicted octanol–water partition coefficient (Wildman–Crippen LogP) is 5.27. The number of hydrogen-bond acceptors (Lipinski definition) is 8. The molecule has 0 spiro atoms. The number of ether oxygens (including phenoxy) is 1. The lowest BCUT2D eigenvalue weighted by atomic mass is 9.99. The van der Waals surface area contributed by atoms with Crippen LogP contribution < -0.4 is 14.5 Å². The summed E-state index contributed by atoms with van der Waals surface area (Å²) in [6, 6.07) is 23.2. The minimum Gasteiger partial charge on any atom is -0.462 e. The Morgan fingerprint density at radius 3 is 2.57 bits per heavy atom. The second kappa shape index (κ2) is 13.7. The minimum atomic E-state index is -0.0743. The smallest absolute Gasteiger partial charge is 0.318 e. The number of carbonyl (C=O) groups is 1. The van der Waals surface area contributed by atoms with Gasteiger partial charge in [-0.05, 0) is 56.8 Å². The number of piperazine rings is 1. The normalized spacial score (nSPS) is 20.3. The molecule has 0 saturated carbocycles. The van der Waals surface area contributed by atoms with Gasteiger partial charge in [0.15, 0.2) is 5.78 Å². The molecule has 47 heavy (non-hydrogen) atoms. The molecule has 0 amide bonds. The molecular formula is C38H43N7O2. The summed E-state index contributed by atoms with van der Waals surface area (Å²) in [6.45, 7) is 15.7. The van der Waals surface area contributed by atoms with Crippen molar-refractivity contribution >= 4 is 28.1 Å². The monoisotopic (exact) mass is 629 g/mol. The summed E-state index contributed by atoms with van der Waals surface area (Å²) in [5.41, 5.74) is 5.38. The van der Waals surface area contributed by atoms with E-state index in [1.54, 1.807) is 0 Å². The number of carbonyl (C=O) groups excluding carboxylic acids is 1. The van der Waals surface area contributed by atoms with Crippen LogP contribution in [0.3, 0.4) is 0 Å². The average molecular weight is 630 g/mol. The van der Waals surface area contributed by atoms with E-state index in [1.165, 1.54) is 34.0 Å². The van der Waals surface area contributed by atoms with Gasteiger partial charge in [0, 0.05) is 54.4 Å². The first kappa shape index (κ1) is 31.1. The van der Waals surface area contributed by atoms with E-state index in [0.29, 0.717) is 56.9 Å². The largest absolute Gasteiger partial charge is 0.462 e. The van der Waals surface area contributed by atoms with Crippen LogP contribution in [0, 0.1) is 13.5 Å². The molecule has 1 aromatic heterocycles.